The Morgan fingerprint density at radius 2 is 1.95 bits per heavy atom. The highest BCUT2D eigenvalue weighted by molar-refractivity contribution is 5.95. The van der Waals surface area contributed by atoms with E-state index in [9.17, 15) is 0 Å². The van der Waals surface area contributed by atoms with Gasteiger partial charge < -0.3 is 25.2 Å². The maximum absolute atomic E-state index is 9.15. The summed E-state index contributed by atoms with van der Waals surface area (Å²) in [6.07, 6.45) is 2.03. The van der Waals surface area contributed by atoms with Gasteiger partial charge in [0.25, 0.3) is 0 Å². The van der Waals surface area contributed by atoms with Crippen LogP contribution >= 0.6 is 0 Å². The number of nitrogens with two attached hydrogens (primary N) is 1. The second-order valence-corrected chi connectivity index (χ2v) is 5.50. The zero-order valence-corrected chi connectivity index (χ0v) is 11.9. The van der Waals surface area contributed by atoms with Gasteiger partial charge in [-0.15, -0.1) is 0 Å². The molecule has 1 fully saturated rings. The van der Waals surface area contributed by atoms with E-state index in [0.29, 0.717) is 6.54 Å². The first-order valence-electron chi connectivity index (χ1n) is 7.12. The van der Waals surface area contributed by atoms with Crippen molar-refractivity contribution in [3.05, 3.63) is 24.4 Å². The van der Waals surface area contributed by atoms with Gasteiger partial charge in [0.2, 0.25) is 0 Å². The smallest absolute Gasteiger partial charge is 0.0610 e. The summed E-state index contributed by atoms with van der Waals surface area (Å²) in [5, 5.41) is 10.4. The van der Waals surface area contributed by atoms with Crippen LogP contribution in [0.5, 0.6) is 0 Å². The van der Waals surface area contributed by atoms with Crippen LogP contribution in [-0.2, 0) is 6.54 Å². The lowest BCUT2D eigenvalue weighted by molar-refractivity contribution is 0.278. The average Bonchev–Trinajstić information content (AvgIpc) is 2.82. The van der Waals surface area contributed by atoms with Crippen molar-refractivity contribution in [2.75, 3.05) is 50.5 Å². The van der Waals surface area contributed by atoms with E-state index in [-0.39, 0.29) is 6.61 Å². The van der Waals surface area contributed by atoms with Crippen LogP contribution in [0.1, 0.15) is 0 Å². The minimum atomic E-state index is 0.141. The topological polar surface area (TPSA) is 57.7 Å². The summed E-state index contributed by atoms with van der Waals surface area (Å²) < 4.78 is 2.06. The molecule has 1 saturated heterocycles. The van der Waals surface area contributed by atoms with Gasteiger partial charge in [-0.25, -0.2) is 0 Å². The lowest BCUT2D eigenvalue weighted by Gasteiger charge is -2.34. The second kappa shape index (κ2) is 5.34. The molecule has 0 spiro atoms. The molecule has 0 saturated carbocycles. The van der Waals surface area contributed by atoms with E-state index in [1.165, 1.54) is 11.1 Å². The average molecular weight is 274 g/mol. The predicted octanol–water partition coefficient (Wildman–Crippen LogP) is 0.968. The summed E-state index contributed by atoms with van der Waals surface area (Å²) in [6.45, 7) is 4.96. The van der Waals surface area contributed by atoms with Crippen LogP contribution < -0.4 is 10.6 Å². The van der Waals surface area contributed by atoms with Gasteiger partial charge in [0, 0.05) is 55.7 Å². The van der Waals surface area contributed by atoms with E-state index in [1.54, 1.807) is 0 Å². The lowest BCUT2D eigenvalue weighted by atomic mass is 10.1. The molecule has 2 heterocycles. The number of fused-ring (bicyclic) bond motifs is 1. The van der Waals surface area contributed by atoms with Crippen LogP contribution in [-0.4, -0.2) is 54.4 Å². The largest absolute Gasteiger partial charge is 0.399 e. The first kappa shape index (κ1) is 13.3. The summed E-state index contributed by atoms with van der Waals surface area (Å²) in [6, 6.07) is 6.18. The number of nitrogen functional groups attached to an aromatic ring is 1. The minimum absolute atomic E-state index is 0.141. The molecule has 108 valence electrons. The molecule has 5 heteroatoms. The number of aliphatic hydroxyl groups is 1. The van der Waals surface area contributed by atoms with Gasteiger partial charge >= 0.3 is 0 Å². The third kappa shape index (κ3) is 2.34. The molecule has 0 radical (unpaired) electrons. The van der Waals surface area contributed by atoms with Crippen molar-refractivity contribution in [1.82, 2.24) is 9.47 Å². The molecule has 0 unspecified atom stereocenters. The van der Waals surface area contributed by atoms with Crippen molar-refractivity contribution >= 4 is 22.3 Å². The molecule has 0 aliphatic carbocycles. The quantitative estimate of drug-likeness (QED) is 0.819. The number of hydrogen-bond donors (Lipinski definition) is 2. The van der Waals surface area contributed by atoms with Crippen molar-refractivity contribution in [2.45, 2.75) is 6.54 Å². The third-order valence-corrected chi connectivity index (χ3v) is 4.07. The van der Waals surface area contributed by atoms with Crippen molar-refractivity contribution in [3.8, 4) is 0 Å². The zero-order valence-electron chi connectivity index (χ0n) is 11.9. The van der Waals surface area contributed by atoms with Crippen molar-refractivity contribution < 1.29 is 5.11 Å². The number of benzene rings is 1. The van der Waals surface area contributed by atoms with Gasteiger partial charge in [-0.05, 0) is 25.2 Å². The molecule has 20 heavy (non-hydrogen) atoms. The summed E-state index contributed by atoms with van der Waals surface area (Å²) in [7, 11) is 2.16. The fraction of sp³-hybridized carbons (Fsp3) is 0.467. The van der Waals surface area contributed by atoms with Crippen molar-refractivity contribution in [3.63, 3.8) is 0 Å². The van der Waals surface area contributed by atoms with E-state index >= 15 is 0 Å². The lowest BCUT2D eigenvalue weighted by Crippen LogP contribution is -2.44. The number of nitrogens with zero attached hydrogens (tertiary/aromatic N) is 3. The molecule has 0 bridgehead atoms. The molecule has 1 aromatic heterocycles. The Morgan fingerprint density at radius 3 is 2.65 bits per heavy atom. The summed E-state index contributed by atoms with van der Waals surface area (Å²) in [5.41, 5.74) is 9.17. The fourth-order valence-electron chi connectivity index (χ4n) is 2.91. The molecule has 1 aliphatic rings. The van der Waals surface area contributed by atoms with Gasteiger partial charge in [-0.3, -0.25) is 0 Å². The predicted molar refractivity (Wildman–Crippen MR) is 83.1 cm³/mol. The highest BCUT2D eigenvalue weighted by atomic mass is 16.3. The molecule has 1 aliphatic heterocycles. The van der Waals surface area contributed by atoms with E-state index in [0.717, 1.165) is 37.4 Å². The number of aromatic nitrogens is 1. The molecule has 3 rings (SSSR count). The normalized spacial score (nSPS) is 17.0. The van der Waals surface area contributed by atoms with Crippen LogP contribution in [0.2, 0.25) is 0 Å². The van der Waals surface area contributed by atoms with E-state index in [1.807, 2.05) is 12.3 Å². The Hall–Kier alpha value is -1.72. The molecule has 3 N–H and O–H groups in total. The van der Waals surface area contributed by atoms with Gasteiger partial charge in [-0.1, -0.05) is 0 Å². The monoisotopic (exact) mass is 274 g/mol. The number of anilines is 2. The van der Waals surface area contributed by atoms with E-state index in [2.05, 4.69) is 33.5 Å². The molecule has 1 aromatic carbocycles. The molecule has 0 amide bonds. The standard InChI is InChI=1S/C15H22N4O/c1-17-4-6-19(7-5-17)15-11-12(16)10-14-13(15)2-3-18(14)8-9-20/h2-3,10-11,20H,4-9,16H2,1H3. The van der Waals surface area contributed by atoms with E-state index < -0.39 is 0 Å². The maximum atomic E-state index is 9.15. The zero-order chi connectivity index (χ0) is 14.1. The number of hydrogen-bond acceptors (Lipinski definition) is 4. The minimum Gasteiger partial charge on any atom is -0.399 e. The molecular weight excluding hydrogens is 252 g/mol. The Morgan fingerprint density at radius 1 is 1.20 bits per heavy atom. The van der Waals surface area contributed by atoms with Gasteiger partial charge in [-0.2, -0.15) is 0 Å². The molecule has 2 aromatic rings. The summed E-state index contributed by atoms with van der Waals surface area (Å²) >= 11 is 0. The second-order valence-electron chi connectivity index (χ2n) is 5.50. The molecule has 0 atom stereocenters. The van der Waals surface area contributed by atoms with Crippen molar-refractivity contribution in [2.24, 2.45) is 0 Å². The number of rotatable bonds is 3. The Labute approximate surface area is 119 Å². The SMILES string of the molecule is CN1CCN(c2cc(N)cc3c2ccn3CCO)CC1. The Balaban J connectivity index is 2.02. The third-order valence-electron chi connectivity index (χ3n) is 4.07. The summed E-state index contributed by atoms with van der Waals surface area (Å²) in [5.74, 6) is 0. The van der Waals surface area contributed by atoms with Crippen molar-refractivity contribution in [1.29, 1.82) is 0 Å². The highest BCUT2D eigenvalue weighted by Crippen LogP contribution is 2.31. The van der Waals surface area contributed by atoms with Crippen LogP contribution in [0.4, 0.5) is 11.4 Å². The van der Waals surface area contributed by atoms with Crippen LogP contribution in [0.25, 0.3) is 10.9 Å². The van der Waals surface area contributed by atoms with Gasteiger partial charge in [0.15, 0.2) is 0 Å². The van der Waals surface area contributed by atoms with Gasteiger partial charge in [0.05, 0.1) is 12.1 Å². The Kier molecular flexibility index (Phi) is 3.54. The highest BCUT2D eigenvalue weighted by Gasteiger charge is 2.17. The van der Waals surface area contributed by atoms with Crippen LogP contribution in [0, 0.1) is 0 Å². The first-order valence-corrected chi connectivity index (χ1v) is 7.12. The van der Waals surface area contributed by atoms with Crippen LogP contribution in [0.15, 0.2) is 24.4 Å². The molecule has 5 nitrogen and oxygen atoms in total. The molecular formula is C15H22N4O. The Bertz CT molecular complexity index is 599. The van der Waals surface area contributed by atoms with Crippen LogP contribution in [0.3, 0.4) is 0 Å². The summed E-state index contributed by atoms with van der Waals surface area (Å²) in [4.78, 5) is 4.75. The fourth-order valence-corrected chi connectivity index (χ4v) is 2.91. The number of likely N-dealkylation sites (N-methyl/N-ethyl adjacent to an activating group) is 1. The van der Waals surface area contributed by atoms with Gasteiger partial charge in [0.1, 0.15) is 0 Å². The van der Waals surface area contributed by atoms with E-state index in [4.69, 9.17) is 10.8 Å². The maximum Gasteiger partial charge on any atom is 0.0610 e. The first-order chi connectivity index (χ1) is 9.69. The number of aliphatic hydroxyl groups excluding tert-OH is 1. The number of piperazine rings is 1.